The van der Waals surface area contributed by atoms with Crippen LogP contribution in [0.4, 0.5) is 4.39 Å². The zero-order valence-electron chi connectivity index (χ0n) is 17.8. The summed E-state index contributed by atoms with van der Waals surface area (Å²) in [6.07, 6.45) is 2.15. The lowest BCUT2D eigenvalue weighted by Crippen LogP contribution is -2.24. The molecule has 2 aromatic rings. The number of rotatable bonds is 5. The SMILES string of the molecule is Cc1cc(C(C)(C)CCC(C)(C)c2ccc(C(C)(C)C)cc2)ccc1F. The molecule has 0 saturated heterocycles. The molecule has 0 heterocycles. The van der Waals surface area contributed by atoms with E-state index in [1.54, 1.807) is 6.07 Å². The lowest BCUT2D eigenvalue weighted by molar-refractivity contribution is 0.374. The molecule has 0 spiro atoms. The fraction of sp³-hybridized carbons (Fsp3) is 0.520. The molecular weight excluding hydrogens is 319 g/mol. The fourth-order valence-corrected chi connectivity index (χ4v) is 3.40. The van der Waals surface area contributed by atoms with Gasteiger partial charge < -0.3 is 0 Å². The lowest BCUT2D eigenvalue weighted by Gasteiger charge is -2.32. The van der Waals surface area contributed by atoms with Crippen LogP contribution < -0.4 is 0 Å². The maximum atomic E-state index is 13.6. The monoisotopic (exact) mass is 354 g/mol. The molecule has 0 bridgehead atoms. The van der Waals surface area contributed by atoms with Gasteiger partial charge in [0.15, 0.2) is 0 Å². The molecule has 2 rings (SSSR count). The molecule has 0 N–H and O–H groups in total. The summed E-state index contributed by atoms with van der Waals surface area (Å²) in [6, 6.07) is 14.7. The van der Waals surface area contributed by atoms with Crippen molar-refractivity contribution in [3.05, 3.63) is 70.5 Å². The van der Waals surface area contributed by atoms with Crippen molar-refractivity contribution in [2.45, 2.75) is 84.5 Å². The number of hydrogen-bond acceptors (Lipinski definition) is 0. The first-order valence-electron chi connectivity index (χ1n) is 9.71. The third kappa shape index (κ3) is 4.75. The normalized spacial score (nSPS) is 13.1. The summed E-state index contributed by atoms with van der Waals surface area (Å²) in [4.78, 5) is 0. The molecule has 0 unspecified atom stereocenters. The molecular formula is C25H35F. The number of halogens is 1. The van der Waals surface area contributed by atoms with E-state index < -0.39 is 0 Å². The van der Waals surface area contributed by atoms with Crippen LogP contribution in [0.3, 0.4) is 0 Å². The first-order chi connectivity index (χ1) is 11.8. The Labute approximate surface area is 159 Å². The Morgan fingerprint density at radius 3 is 1.54 bits per heavy atom. The van der Waals surface area contributed by atoms with Crippen molar-refractivity contribution in [1.29, 1.82) is 0 Å². The molecule has 0 aliphatic heterocycles. The highest BCUT2D eigenvalue weighted by Gasteiger charge is 2.28. The van der Waals surface area contributed by atoms with Crippen molar-refractivity contribution in [1.82, 2.24) is 0 Å². The molecule has 0 aliphatic rings. The molecule has 0 aliphatic carbocycles. The van der Waals surface area contributed by atoms with E-state index in [2.05, 4.69) is 72.7 Å². The quantitative estimate of drug-likeness (QED) is 0.522. The van der Waals surface area contributed by atoms with Crippen molar-refractivity contribution in [3.8, 4) is 0 Å². The van der Waals surface area contributed by atoms with Crippen LogP contribution in [0.15, 0.2) is 42.5 Å². The zero-order valence-corrected chi connectivity index (χ0v) is 17.8. The second-order valence-electron chi connectivity index (χ2n) is 10.1. The van der Waals surface area contributed by atoms with Gasteiger partial charge in [-0.1, -0.05) is 84.9 Å². The van der Waals surface area contributed by atoms with Crippen LogP contribution in [0.5, 0.6) is 0 Å². The highest BCUT2D eigenvalue weighted by atomic mass is 19.1. The van der Waals surface area contributed by atoms with E-state index in [0.29, 0.717) is 0 Å². The van der Waals surface area contributed by atoms with Gasteiger partial charge in [-0.05, 0) is 64.3 Å². The molecule has 0 nitrogen and oxygen atoms in total. The Hall–Kier alpha value is -1.63. The number of aryl methyl sites for hydroxylation is 1. The Morgan fingerprint density at radius 1 is 0.654 bits per heavy atom. The van der Waals surface area contributed by atoms with Crippen LogP contribution in [0, 0.1) is 12.7 Å². The van der Waals surface area contributed by atoms with Crippen LogP contribution >= 0.6 is 0 Å². The van der Waals surface area contributed by atoms with Gasteiger partial charge in [0.2, 0.25) is 0 Å². The predicted molar refractivity (Wildman–Crippen MR) is 112 cm³/mol. The molecule has 1 heteroatoms. The van der Waals surface area contributed by atoms with Gasteiger partial charge in [0.25, 0.3) is 0 Å². The maximum absolute atomic E-state index is 13.6. The van der Waals surface area contributed by atoms with Gasteiger partial charge in [0, 0.05) is 0 Å². The molecule has 26 heavy (non-hydrogen) atoms. The summed E-state index contributed by atoms with van der Waals surface area (Å²) in [5, 5.41) is 0. The fourth-order valence-electron chi connectivity index (χ4n) is 3.40. The van der Waals surface area contributed by atoms with Crippen LogP contribution in [0.2, 0.25) is 0 Å². The minimum absolute atomic E-state index is 0.0288. The molecule has 0 saturated carbocycles. The first kappa shape index (κ1) is 20.7. The molecule has 0 atom stereocenters. The van der Waals surface area contributed by atoms with Gasteiger partial charge in [0.1, 0.15) is 5.82 Å². The van der Waals surface area contributed by atoms with E-state index in [0.717, 1.165) is 18.4 Å². The molecule has 0 radical (unpaired) electrons. The van der Waals surface area contributed by atoms with Crippen molar-refractivity contribution in [2.24, 2.45) is 0 Å². The largest absolute Gasteiger partial charge is 0.207 e. The Bertz CT molecular complexity index is 743. The Kier molecular flexibility index (Phi) is 5.71. The van der Waals surface area contributed by atoms with Gasteiger partial charge in [-0.25, -0.2) is 4.39 Å². The second-order valence-corrected chi connectivity index (χ2v) is 10.1. The van der Waals surface area contributed by atoms with Crippen LogP contribution in [-0.4, -0.2) is 0 Å². The van der Waals surface area contributed by atoms with Crippen molar-refractivity contribution < 1.29 is 4.39 Å². The molecule has 0 fully saturated rings. The average molecular weight is 355 g/mol. The first-order valence-corrected chi connectivity index (χ1v) is 9.71. The van der Waals surface area contributed by atoms with Gasteiger partial charge in [-0.15, -0.1) is 0 Å². The van der Waals surface area contributed by atoms with E-state index in [-0.39, 0.29) is 22.1 Å². The molecule has 2 aromatic carbocycles. The second kappa shape index (κ2) is 7.18. The number of hydrogen-bond donors (Lipinski definition) is 0. The van der Waals surface area contributed by atoms with E-state index in [4.69, 9.17) is 0 Å². The average Bonchev–Trinajstić information content (AvgIpc) is 2.55. The van der Waals surface area contributed by atoms with Crippen LogP contribution in [-0.2, 0) is 16.2 Å². The lowest BCUT2D eigenvalue weighted by atomic mass is 9.72. The molecule has 0 amide bonds. The highest BCUT2D eigenvalue weighted by molar-refractivity contribution is 5.33. The van der Waals surface area contributed by atoms with Gasteiger partial charge in [-0.3, -0.25) is 0 Å². The molecule has 142 valence electrons. The van der Waals surface area contributed by atoms with Gasteiger partial charge >= 0.3 is 0 Å². The smallest absolute Gasteiger partial charge is 0.126 e. The van der Waals surface area contributed by atoms with Crippen LogP contribution in [0.1, 0.15) is 83.6 Å². The standard InChI is InChI=1S/C25H35F/c1-18-17-21(13-14-22(18)26)25(7,8)16-15-24(5,6)20-11-9-19(10-12-20)23(2,3)4/h9-14,17H,15-16H2,1-8H3. The summed E-state index contributed by atoms with van der Waals surface area (Å²) >= 11 is 0. The van der Waals surface area contributed by atoms with E-state index in [1.807, 2.05) is 19.1 Å². The van der Waals surface area contributed by atoms with Crippen molar-refractivity contribution in [2.75, 3.05) is 0 Å². The summed E-state index contributed by atoms with van der Waals surface area (Å²) in [7, 11) is 0. The van der Waals surface area contributed by atoms with Crippen molar-refractivity contribution >= 4 is 0 Å². The zero-order chi connectivity index (χ0) is 19.8. The van der Waals surface area contributed by atoms with Gasteiger partial charge in [-0.2, -0.15) is 0 Å². The maximum Gasteiger partial charge on any atom is 0.126 e. The summed E-state index contributed by atoms with van der Waals surface area (Å²) < 4.78 is 13.6. The van der Waals surface area contributed by atoms with E-state index in [9.17, 15) is 4.39 Å². The number of benzene rings is 2. The minimum atomic E-state index is -0.121. The van der Waals surface area contributed by atoms with Crippen molar-refractivity contribution in [3.63, 3.8) is 0 Å². The predicted octanol–water partition coefficient (Wildman–Crippen LogP) is 7.47. The third-order valence-corrected chi connectivity index (χ3v) is 5.85. The summed E-state index contributed by atoms with van der Waals surface area (Å²) in [5.41, 5.74) is 5.04. The van der Waals surface area contributed by atoms with E-state index in [1.165, 1.54) is 16.7 Å². The van der Waals surface area contributed by atoms with Crippen LogP contribution in [0.25, 0.3) is 0 Å². The van der Waals surface area contributed by atoms with Gasteiger partial charge in [0.05, 0.1) is 0 Å². The Morgan fingerprint density at radius 2 is 1.08 bits per heavy atom. The topological polar surface area (TPSA) is 0 Å². The third-order valence-electron chi connectivity index (χ3n) is 5.85. The van der Waals surface area contributed by atoms with E-state index >= 15 is 0 Å². The Balaban J connectivity index is 2.14. The molecule has 0 aromatic heterocycles. The minimum Gasteiger partial charge on any atom is -0.207 e. The highest BCUT2D eigenvalue weighted by Crippen LogP contribution is 2.37. The summed E-state index contributed by atoms with van der Waals surface area (Å²) in [5.74, 6) is -0.121. The summed E-state index contributed by atoms with van der Waals surface area (Å²) in [6.45, 7) is 17.8.